The first-order valence-corrected chi connectivity index (χ1v) is 9.13. The monoisotopic (exact) mass is 376 g/mol. The van der Waals surface area contributed by atoms with Crippen LogP contribution in [0.4, 0.5) is 0 Å². The SMILES string of the molecule is C=C1CCC(N2Cc3c(OC4CCNCC4)cccc3C2=O)C(=O)C1.Cl. The van der Waals surface area contributed by atoms with E-state index in [1.54, 1.807) is 4.90 Å². The largest absolute Gasteiger partial charge is 0.490 e. The highest BCUT2D eigenvalue weighted by atomic mass is 35.5. The van der Waals surface area contributed by atoms with Crippen LogP contribution in [0.1, 0.15) is 48.0 Å². The van der Waals surface area contributed by atoms with Gasteiger partial charge >= 0.3 is 0 Å². The Labute approximate surface area is 160 Å². The first-order valence-electron chi connectivity index (χ1n) is 9.13. The molecule has 6 heteroatoms. The molecular weight excluding hydrogens is 352 g/mol. The molecule has 2 aliphatic heterocycles. The van der Waals surface area contributed by atoms with E-state index in [1.165, 1.54) is 0 Å². The third kappa shape index (κ3) is 3.51. The van der Waals surface area contributed by atoms with E-state index in [1.807, 2.05) is 18.2 Å². The van der Waals surface area contributed by atoms with Gasteiger partial charge in [-0.3, -0.25) is 9.59 Å². The van der Waals surface area contributed by atoms with Crippen molar-refractivity contribution in [1.29, 1.82) is 0 Å². The molecule has 1 aromatic rings. The van der Waals surface area contributed by atoms with Gasteiger partial charge in [0.25, 0.3) is 5.91 Å². The maximum Gasteiger partial charge on any atom is 0.255 e. The summed E-state index contributed by atoms with van der Waals surface area (Å²) >= 11 is 0. The molecule has 2 heterocycles. The lowest BCUT2D eigenvalue weighted by Gasteiger charge is -2.30. The van der Waals surface area contributed by atoms with Crippen molar-refractivity contribution in [1.82, 2.24) is 10.2 Å². The van der Waals surface area contributed by atoms with Gasteiger partial charge < -0.3 is 15.0 Å². The van der Waals surface area contributed by atoms with Gasteiger partial charge in [0.2, 0.25) is 0 Å². The van der Waals surface area contributed by atoms with Gasteiger partial charge in [0.15, 0.2) is 5.78 Å². The molecule has 1 unspecified atom stereocenters. The lowest BCUT2D eigenvalue weighted by molar-refractivity contribution is -0.124. The van der Waals surface area contributed by atoms with E-state index in [2.05, 4.69) is 11.9 Å². The molecule has 1 aliphatic carbocycles. The van der Waals surface area contributed by atoms with Crippen LogP contribution in [-0.2, 0) is 11.3 Å². The maximum absolute atomic E-state index is 12.9. The Hall–Kier alpha value is -1.85. The summed E-state index contributed by atoms with van der Waals surface area (Å²) in [6.07, 6.45) is 4.03. The topological polar surface area (TPSA) is 58.6 Å². The van der Waals surface area contributed by atoms with Gasteiger partial charge in [-0.2, -0.15) is 0 Å². The highest BCUT2D eigenvalue weighted by molar-refractivity contribution is 6.02. The Morgan fingerprint density at radius 2 is 1.92 bits per heavy atom. The van der Waals surface area contributed by atoms with Crippen LogP contribution in [0, 0.1) is 0 Å². The number of Topliss-reactive ketones (excluding diaryl/α,β-unsaturated/α-hetero) is 1. The molecule has 5 nitrogen and oxygen atoms in total. The quantitative estimate of drug-likeness (QED) is 0.824. The molecule has 140 valence electrons. The highest BCUT2D eigenvalue weighted by Gasteiger charge is 2.39. The zero-order valence-corrected chi connectivity index (χ0v) is 15.6. The summed E-state index contributed by atoms with van der Waals surface area (Å²) in [5, 5.41) is 3.33. The molecule has 1 saturated heterocycles. The summed E-state index contributed by atoms with van der Waals surface area (Å²) in [5.74, 6) is 0.864. The molecular formula is C20H25ClN2O3. The Balaban J connectivity index is 0.00000196. The van der Waals surface area contributed by atoms with Gasteiger partial charge in [0.05, 0.1) is 12.6 Å². The van der Waals surface area contributed by atoms with E-state index in [0.717, 1.165) is 49.2 Å². The number of hydrogen-bond donors (Lipinski definition) is 1. The van der Waals surface area contributed by atoms with Crippen LogP contribution in [0.15, 0.2) is 30.4 Å². The second-order valence-electron chi connectivity index (χ2n) is 7.23. The average molecular weight is 377 g/mol. The number of nitrogens with one attached hydrogen (secondary N) is 1. The van der Waals surface area contributed by atoms with Crippen molar-refractivity contribution in [2.24, 2.45) is 0 Å². The number of benzene rings is 1. The predicted molar refractivity (Wildman–Crippen MR) is 102 cm³/mol. The first kappa shape index (κ1) is 18.9. The van der Waals surface area contributed by atoms with Gasteiger partial charge in [-0.15, -0.1) is 12.4 Å². The van der Waals surface area contributed by atoms with Gasteiger partial charge in [-0.05, 0) is 50.9 Å². The molecule has 1 amide bonds. The van der Waals surface area contributed by atoms with Crippen LogP contribution < -0.4 is 10.1 Å². The molecule has 1 saturated carbocycles. The van der Waals surface area contributed by atoms with Gasteiger partial charge in [-0.1, -0.05) is 18.2 Å². The van der Waals surface area contributed by atoms with E-state index in [4.69, 9.17) is 4.74 Å². The van der Waals surface area contributed by atoms with Crippen molar-refractivity contribution >= 4 is 24.1 Å². The number of piperidine rings is 1. The zero-order valence-electron chi connectivity index (χ0n) is 14.8. The molecule has 0 bridgehead atoms. The number of ether oxygens (including phenoxy) is 1. The van der Waals surface area contributed by atoms with E-state index in [-0.39, 0.29) is 36.2 Å². The molecule has 3 aliphatic rings. The standard InChI is InChI=1S/C20H24N2O3.ClH/c1-13-5-6-17(18(23)11-13)22-12-16-15(20(22)24)3-2-4-19(16)25-14-7-9-21-10-8-14;/h2-4,14,17,21H,1,5-12H2;1H. The van der Waals surface area contributed by atoms with E-state index >= 15 is 0 Å². The van der Waals surface area contributed by atoms with Crippen LogP contribution in [0.5, 0.6) is 5.75 Å². The molecule has 1 atom stereocenters. The summed E-state index contributed by atoms with van der Waals surface area (Å²) in [4.78, 5) is 27.0. The number of rotatable bonds is 3. The number of nitrogens with zero attached hydrogens (tertiary/aromatic N) is 1. The highest BCUT2D eigenvalue weighted by Crippen LogP contribution is 2.36. The first-order chi connectivity index (χ1) is 12.1. The molecule has 26 heavy (non-hydrogen) atoms. The smallest absolute Gasteiger partial charge is 0.255 e. The number of carbonyl (C=O) groups is 2. The lowest BCUT2D eigenvalue weighted by Crippen LogP contribution is -2.43. The van der Waals surface area contributed by atoms with E-state index < -0.39 is 0 Å². The van der Waals surface area contributed by atoms with Crippen molar-refractivity contribution in [3.8, 4) is 5.75 Å². The van der Waals surface area contributed by atoms with Crippen LogP contribution in [-0.4, -0.2) is 41.8 Å². The molecule has 0 aromatic heterocycles. The van der Waals surface area contributed by atoms with Crippen LogP contribution in [0.2, 0.25) is 0 Å². The van der Waals surface area contributed by atoms with Gasteiger partial charge in [-0.25, -0.2) is 0 Å². The molecule has 0 radical (unpaired) electrons. The third-order valence-corrected chi connectivity index (χ3v) is 5.48. The van der Waals surface area contributed by atoms with Crippen molar-refractivity contribution in [2.45, 2.75) is 50.8 Å². The Kier molecular flexibility index (Phi) is 5.68. The third-order valence-electron chi connectivity index (χ3n) is 5.48. The molecule has 1 N–H and O–H groups in total. The maximum atomic E-state index is 12.9. The fourth-order valence-corrected chi connectivity index (χ4v) is 4.07. The molecule has 1 aromatic carbocycles. The summed E-state index contributed by atoms with van der Waals surface area (Å²) < 4.78 is 6.21. The van der Waals surface area contributed by atoms with Gasteiger partial charge in [0, 0.05) is 17.5 Å². The predicted octanol–water partition coefficient (Wildman–Crippen LogP) is 2.87. The zero-order chi connectivity index (χ0) is 17.4. The minimum Gasteiger partial charge on any atom is -0.490 e. The number of hydrogen-bond acceptors (Lipinski definition) is 4. The fraction of sp³-hybridized carbons (Fsp3) is 0.500. The van der Waals surface area contributed by atoms with E-state index in [0.29, 0.717) is 24.9 Å². The fourth-order valence-electron chi connectivity index (χ4n) is 4.07. The summed E-state index contributed by atoms with van der Waals surface area (Å²) in [7, 11) is 0. The normalized spacial score (nSPS) is 23.6. The molecule has 4 rings (SSSR count). The second kappa shape index (κ2) is 7.80. The van der Waals surface area contributed by atoms with Crippen LogP contribution >= 0.6 is 12.4 Å². The summed E-state index contributed by atoms with van der Waals surface area (Å²) in [5.41, 5.74) is 2.59. The van der Waals surface area contributed by atoms with Crippen molar-refractivity contribution in [3.63, 3.8) is 0 Å². The summed E-state index contributed by atoms with van der Waals surface area (Å²) in [6, 6.07) is 5.35. The Bertz CT molecular complexity index is 728. The van der Waals surface area contributed by atoms with Crippen LogP contribution in [0.25, 0.3) is 0 Å². The average Bonchev–Trinajstić information content (AvgIpc) is 2.94. The second-order valence-corrected chi connectivity index (χ2v) is 7.23. The molecule has 2 fully saturated rings. The number of allylic oxidation sites excluding steroid dienone is 1. The lowest BCUT2D eigenvalue weighted by atomic mass is 9.90. The molecule has 0 spiro atoms. The number of halogens is 1. The van der Waals surface area contributed by atoms with E-state index in [9.17, 15) is 9.59 Å². The Morgan fingerprint density at radius 3 is 2.65 bits per heavy atom. The van der Waals surface area contributed by atoms with Crippen molar-refractivity contribution in [3.05, 3.63) is 41.5 Å². The van der Waals surface area contributed by atoms with Crippen LogP contribution in [0.3, 0.4) is 0 Å². The minimum absolute atomic E-state index is 0. The summed E-state index contributed by atoms with van der Waals surface area (Å²) in [6.45, 7) is 6.31. The number of fused-ring (bicyclic) bond motifs is 1. The number of amides is 1. The Morgan fingerprint density at radius 1 is 1.15 bits per heavy atom. The van der Waals surface area contributed by atoms with Gasteiger partial charge in [0.1, 0.15) is 11.9 Å². The number of ketones is 1. The minimum atomic E-state index is -0.322. The van der Waals surface area contributed by atoms with Crippen molar-refractivity contribution in [2.75, 3.05) is 13.1 Å². The van der Waals surface area contributed by atoms with Crippen molar-refractivity contribution < 1.29 is 14.3 Å². The number of carbonyl (C=O) groups excluding carboxylic acids is 2.